The van der Waals surface area contributed by atoms with E-state index in [1.807, 2.05) is 38.1 Å². The van der Waals surface area contributed by atoms with E-state index in [9.17, 15) is 0 Å². The van der Waals surface area contributed by atoms with Gasteiger partial charge in [-0.05, 0) is 26.0 Å². The highest BCUT2D eigenvalue weighted by Gasteiger charge is 2.09. The molecule has 0 bridgehead atoms. The molecule has 0 aliphatic rings. The zero-order valence-electron chi connectivity index (χ0n) is 11.4. The molecule has 0 aliphatic heterocycles. The number of benzene rings is 1. The molecule has 1 aromatic rings. The molecule has 102 valence electrons. The molecule has 0 spiro atoms. The Morgan fingerprint density at radius 3 is 2.56 bits per heavy atom. The monoisotopic (exact) mass is 253 g/mol. The van der Waals surface area contributed by atoms with Crippen molar-refractivity contribution in [3.63, 3.8) is 0 Å². The van der Waals surface area contributed by atoms with Crippen LogP contribution in [0, 0.1) is 0 Å². The lowest BCUT2D eigenvalue weighted by Crippen LogP contribution is -2.37. The Hall–Kier alpha value is -1.26. The third kappa shape index (κ3) is 6.47. The summed E-state index contributed by atoms with van der Waals surface area (Å²) in [6.45, 7) is 5.73. The van der Waals surface area contributed by atoms with Gasteiger partial charge in [0.25, 0.3) is 0 Å². The van der Waals surface area contributed by atoms with Gasteiger partial charge in [-0.2, -0.15) is 0 Å². The lowest BCUT2D eigenvalue weighted by molar-refractivity contribution is 0.0870. The van der Waals surface area contributed by atoms with E-state index in [1.54, 1.807) is 7.11 Å². The number of methoxy groups -OCH3 is 1. The molecule has 0 saturated carbocycles. The van der Waals surface area contributed by atoms with Crippen LogP contribution in [-0.4, -0.2) is 32.5 Å². The summed E-state index contributed by atoms with van der Waals surface area (Å²) in [5.74, 6) is 1.61. The van der Waals surface area contributed by atoms with Crippen molar-refractivity contribution >= 4 is 0 Å². The SMILES string of the molecule is COc1cccc(OCCCOCC(C)(C)N)c1. The fraction of sp³-hybridized carbons (Fsp3) is 0.571. The lowest BCUT2D eigenvalue weighted by Gasteiger charge is -2.18. The molecule has 1 rings (SSSR count). The quantitative estimate of drug-likeness (QED) is 0.722. The van der Waals surface area contributed by atoms with Crippen molar-refractivity contribution in [3.05, 3.63) is 24.3 Å². The third-order valence-electron chi connectivity index (χ3n) is 2.22. The predicted octanol–water partition coefficient (Wildman–Crippen LogP) is 2.22. The second-order valence-corrected chi connectivity index (χ2v) is 4.92. The molecular weight excluding hydrogens is 230 g/mol. The molecule has 0 saturated heterocycles. The van der Waals surface area contributed by atoms with Crippen LogP contribution < -0.4 is 15.2 Å². The highest BCUT2D eigenvalue weighted by molar-refractivity contribution is 5.32. The Kier molecular flexibility index (Phi) is 5.95. The Balaban J connectivity index is 2.14. The summed E-state index contributed by atoms with van der Waals surface area (Å²) >= 11 is 0. The molecule has 0 fully saturated rings. The van der Waals surface area contributed by atoms with Crippen molar-refractivity contribution in [1.29, 1.82) is 0 Å². The lowest BCUT2D eigenvalue weighted by atomic mass is 10.1. The van der Waals surface area contributed by atoms with E-state index >= 15 is 0 Å². The minimum absolute atomic E-state index is 0.270. The minimum atomic E-state index is -0.270. The van der Waals surface area contributed by atoms with E-state index in [-0.39, 0.29) is 5.54 Å². The smallest absolute Gasteiger partial charge is 0.122 e. The number of hydrogen-bond donors (Lipinski definition) is 1. The molecule has 0 aliphatic carbocycles. The molecule has 18 heavy (non-hydrogen) atoms. The molecule has 0 amide bonds. The van der Waals surface area contributed by atoms with Gasteiger partial charge in [0, 0.05) is 24.6 Å². The molecule has 1 aromatic carbocycles. The van der Waals surface area contributed by atoms with E-state index in [0.29, 0.717) is 19.8 Å². The molecule has 0 atom stereocenters. The van der Waals surface area contributed by atoms with Crippen molar-refractivity contribution in [3.8, 4) is 11.5 Å². The number of nitrogens with two attached hydrogens (primary N) is 1. The maximum atomic E-state index is 5.80. The topological polar surface area (TPSA) is 53.7 Å². The van der Waals surface area contributed by atoms with E-state index in [2.05, 4.69) is 0 Å². The molecular formula is C14H23NO3. The largest absolute Gasteiger partial charge is 0.497 e. The summed E-state index contributed by atoms with van der Waals surface area (Å²) in [5.41, 5.74) is 5.53. The molecule has 0 heterocycles. The van der Waals surface area contributed by atoms with Crippen molar-refractivity contribution in [2.45, 2.75) is 25.8 Å². The van der Waals surface area contributed by atoms with E-state index in [1.165, 1.54) is 0 Å². The zero-order chi connectivity index (χ0) is 13.4. The molecule has 4 heteroatoms. The highest BCUT2D eigenvalue weighted by Crippen LogP contribution is 2.18. The van der Waals surface area contributed by atoms with Gasteiger partial charge in [0.05, 0.1) is 20.3 Å². The molecule has 0 aromatic heterocycles. The first kappa shape index (κ1) is 14.8. The molecule has 0 radical (unpaired) electrons. The summed E-state index contributed by atoms with van der Waals surface area (Å²) in [7, 11) is 1.64. The van der Waals surface area contributed by atoms with Gasteiger partial charge in [0.2, 0.25) is 0 Å². The predicted molar refractivity (Wildman–Crippen MR) is 72.2 cm³/mol. The Bertz CT molecular complexity index is 347. The minimum Gasteiger partial charge on any atom is -0.497 e. The fourth-order valence-corrected chi connectivity index (χ4v) is 1.38. The zero-order valence-corrected chi connectivity index (χ0v) is 11.4. The third-order valence-corrected chi connectivity index (χ3v) is 2.22. The second-order valence-electron chi connectivity index (χ2n) is 4.92. The van der Waals surface area contributed by atoms with Gasteiger partial charge in [-0.25, -0.2) is 0 Å². The normalized spacial score (nSPS) is 11.3. The average Bonchev–Trinajstić information content (AvgIpc) is 2.32. The van der Waals surface area contributed by atoms with E-state index in [4.69, 9.17) is 19.9 Å². The first-order chi connectivity index (χ1) is 8.51. The molecule has 2 N–H and O–H groups in total. The Morgan fingerprint density at radius 2 is 1.89 bits per heavy atom. The highest BCUT2D eigenvalue weighted by atomic mass is 16.5. The maximum absolute atomic E-state index is 5.80. The Morgan fingerprint density at radius 1 is 1.17 bits per heavy atom. The van der Waals surface area contributed by atoms with Crippen molar-refractivity contribution in [1.82, 2.24) is 0 Å². The summed E-state index contributed by atoms with van der Waals surface area (Å²) in [6.07, 6.45) is 0.841. The summed E-state index contributed by atoms with van der Waals surface area (Å²) in [5, 5.41) is 0. The van der Waals surface area contributed by atoms with Crippen LogP contribution in [0.1, 0.15) is 20.3 Å². The second kappa shape index (κ2) is 7.24. The van der Waals surface area contributed by atoms with Gasteiger partial charge in [0.15, 0.2) is 0 Å². The van der Waals surface area contributed by atoms with Crippen molar-refractivity contribution < 1.29 is 14.2 Å². The summed E-state index contributed by atoms with van der Waals surface area (Å²) in [6, 6.07) is 7.57. The fourth-order valence-electron chi connectivity index (χ4n) is 1.38. The Labute approximate surface area is 109 Å². The molecule has 4 nitrogen and oxygen atoms in total. The van der Waals surface area contributed by atoms with Gasteiger partial charge in [-0.15, -0.1) is 0 Å². The van der Waals surface area contributed by atoms with Gasteiger partial charge >= 0.3 is 0 Å². The van der Waals surface area contributed by atoms with E-state index in [0.717, 1.165) is 17.9 Å². The number of rotatable bonds is 8. The number of ether oxygens (including phenoxy) is 3. The number of hydrogen-bond acceptors (Lipinski definition) is 4. The van der Waals surface area contributed by atoms with Crippen molar-refractivity contribution in [2.24, 2.45) is 5.73 Å². The summed E-state index contributed by atoms with van der Waals surface area (Å²) < 4.78 is 16.2. The van der Waals surface area contributed by atoms with Crippen LogP contribution in [0.5, 0.6) is 11.5 Å². The van der Waals surface area contributed by atoms with Crippen molar-refractivity contribution in [2.75, 3.05) is 26.9 Å². The van der Waals surface area contributed by atoms with Crippen LogP contribution in [0.2, 0.25) is 0 Å². The molecule has 0 unspecified atom stereocenters. The van der Waals surface area contributed by atoms with Crippen LogP contribution in [0.15, 0.2) is 24.3 Å². The van der Waals surface area contributed by atoms with E-state index < -0.39 is 0 Å². The first-order valence-electron chi connectivity index (χ1n) is 6.15. The van der Waals surface area contributed by atoms with Gasteiger partial charge < -0.3 is 19.9 Å². The van der Waals surface area contributed by atoms with Crippen LogP contribution >= 0.6 is 0 Å². The van der Waals surface area contributed by atoms with Crippen LogP contribution in [-0.2, 0) is 4.74 Å². The van der Waals surface area contributed by atoms with Gasteiger partial charge in [0.1, 0.15) is 11.5 Å². The van der Waals surface area contributed by atoms with Crippen LogP contribution in [0.3, 0.4) is 0 Å². The van der Waals surface area contributed by atoms with Crippen LogP contribution in [0.25, 0.3) is 0 Å². The standard InChI is InChI=1S/C14H23NO3/c1-14(2,15)11-17-8-5-9-18-13-7-4-6-12(10-13)16-3/h4,6-7,10H,5,8-9,11,15H2,1-3H3. The van der Waals surface area contributed by atoms with Crippen LogP contribution in [0.4, 0.5) is 0 Å². The average molecular weight is 253 g/mol. The summed E-state index contributed by atoms with van der Waals surface area (Å²) in [4.78, 5) is 0. The maximum Gasteiger partial charge on any atom is 0.122 e. The van der Waals surface area contributed by atoms with Gasteiger partial charge in [-0.3, -0.25) is 0 Å². The first-order valence-corrected chi connectivity index (χ1v) is 6.15. The van der Waals surface area contributed by atoms with Gasteiger partial charge in [-0.1, -0.05) is 6.07 Å².